The van der Waals surface area contributed by atoms with Crippen LogP contribution in [0.3, 0.4) is 0 Å². The molecule has 4 aromatic heterocycles. The number of unbranched alkanes of at least 4 members (excludes halogenated alkanes) is 1. The average molecular weight is 636 g/mol. The Balaban J connectivity index is 0.000000209. The number of anilines is 2. The lowest BCUT2D eigenvalue weighted by Crippen LogP contribution is -2.08. The van der Waals surface area contributed by atoms with Crippen LogP contribution >= 0.6 is 11.6 Å². The van der Waals surface area contributed by atoms with Crippen molar-refractivity contribution < 1.29 is 4.74 Å². The van der Waals surface area contributed by atoms with E-state index in [4.69, 9.17) is 27.1 Å². The summed E-state index contributed by atoms with van der Waals surface area (Å²) in [5.74, 6) is 0.634. The first kappa shape index (κ1) is 34.1. The van der Waals surface area contributed by atoms with Crippen molar-refractivity contribution in [1.29, 1.82) is 0 Å². The third-order valence-electron chi connectivity index (χ3n) is 7.31. The van der Waals surface area contributed by atoms with Gasteiger partial charge < -0.3 is 20.3 Å². The molecule has 6 rings (SSSR count). The fraction of sp³-hybridized carbons (Fsp3) is 0.243. The van der Waals surface area contributed by atoms with Crippen molar-refractivity contribution in [2.24, 2.45) is 5.73 Å². The number of pyridine rings is 4. The van der Waals surface area contributed by atoms with Gasteiger partial charge in [-0.05, 0) is 80.1 Å². The van der Waals surface area contributed by atoms with E-state index < -0.39 is 0 Å². The minimum absolute atomic E-state index is 0. The zero-order valence-corrected chi connectivity index (χ0v) is 26.9. The molecule has 2 aromatic carbocycles. The van der Waals surface area contributed by atoms with E-state index in [0.29, 0.717) is 24.2 Å². The van der Waals surface area contributed by atoms with Gasteiger partial charge in [0.2, 0.25) is 5.88 Å². The Morgan fingerprint density at radius 3 is 1.70 bits per heavy atom. The Bertz CT molecular complexity index is 1860. The standard InChI is InChI=1S/C20H24N4O.C16H14ClN3.CH4/c1-24(2)16-9-7-15(8-10-16)18-14-19-17(6-5-12-22-19)20(23-18)25-13-4-3-11-21;1-20(2)12-7-5-11(6-8-12)14-10-15-13(16(17)19-14)4-3-9-18-15;/h5-10,12,14H,3-4,11,13,21H2,1-2H3;3-10H,1-2H3;1H4. The van der Waals surface area contributed by atoms with E-state index in [1.54, 1.807) is 12.4 Å². The second-order valence-electron chi connectivity index (χ2n) is 11.0. The normalized spacial score (nSPS) is 10.6. The summed E-state index contributed by atoms with van der Waals surface area (Å²) in [4.78, 5) is 22.1. The molecule has 6 aromatic rings. The minimum atomic E-state index is 0. The van der Waals surface area contributed by atoms with Crippen LogP contribution in [-0.2, 0) is 0 Å². The third-order valence-corrected chi connectivity index (χ3v) is 7.60. The van der Waals surface area contributed by atoms with Crippen molar-refractivity contribution in [2.45, 2.75) is 20.3 Å². The Morgan fingerprint density at radius 2 is 1.17 bits per heavy atom. The number of hydrogen-bond acceptors (Lipinski definition) is 8. The fourth-order valence-corrected chi connectivity index (χ4v) is 5.01. The summed E-state index contributed by atoms with van der Waals surface area (Å²) in [6, 6.07) is 28.2. The highest BCUT2D eigenvalue weighted by Crippen LogP contribution is 2.30. The molecule has 0 aliphatic rings. The van der Waals surface area contributed by atoms with Gasteiger partial charge in [0.25, 0.3) is 0 Å². The molecular weight excluding hydrogens is 594 g/mol. The van der Waals surface area contributed by atoms with E-state index in [0.717, 1.165) is 68.5 Å². The predicted molar refractivity (Wildman–Crippen MR) is 194 cm³/mol. The van der Waals surface area contributed by atoms with Crippen LogP contribution < -0.4 is 20.3 Å². The van der Waals surface area contributed by atoms with Crippen LogP contribution in [0.4, 0.5) is 11.4 Å². The van der Waals surface area contributed by atoms with Gasteiger partial charge in [-0.15, -0.1) is 0 Å². The van der Waals surface area contributed by atoms with Crippen LogP contribution in [0.1, 0.15) is 20.3 Å². The molecule has 0 atom stereocenters. The van der Waals surface area contributed by atoms with Gasteiger partial charge in [-0.1, -0.05) is 43.3 Å². The van der Waals surface area contributed by atoms with Crippen molar-refractivity contribution in [2.75, 3.05) is 51.1 Å². The topological polar surface area (TPSA) is 93.3 Å². The Morgan fingerprint density at radius 1 is 0.674 bits per heavy atom. The van der Waals surface area contributed by atoms with Gasteiger partial charge in [0.05, 0.1) is 34.4 Å². The molecule has 0 aliphatic carbocycles. The summed E-state index contributed by atoms with van der Waals surface area (Å²) in [7, 11) is 8.09. The molecule has 0 radical (unpaired) electrons. The van der Waals surface area contributed by atoms with E-state index in [9.17, 15) is 0 Å². The maximum absolute atomic E-state index is 6.23. The SMILES string of the molecule is C.CN(C)c1ccc(-c2cc3ncccc3c(Cl)n2)cc1.CN(C)c1ccc(-c2cc3ncccc3c(OCCCCN)n2)cc1. The average Bonchev–Trinajstić information content (AvgIpc) is 3.07. The maximum Gasteiger partial charge on any atom is 0.223 e. The van der Waals surface area contributed by atoms with E-state index >= 15 is 0 Å². The van der Waals surface area contributed by atoms with Gasteiger partial charge in [-0.2, -0.15) is 0 Å². The van der Waals surface area contributed by atoms with Gasteiger partial charge in [0, 0.05) is 68.5 Å². The first-order valence-corrected chi connectivity index (χ1v) is 15.3. The van der Waals surface area contributed by atoms with Crippen molar-refractivity contribution in [3.8, 4) is 28.4 Å². The third kappa shape index (κ3) is 8.27. The molecule has 0 unspecified atom stereocenters. The summed E-state index contributed by atoms with van der Waals surface area (Å²) >= 11 is 6.23. The first-order valence-electron chi connectivity index (χ1n) is 14.9. The molecule has 0 aliphatic heterocycles. The molecule has 8 nitrogen and oxygen atoms in total. The highest BCUT2D eigenvalue weighted by Gasteiger charge is 2.11. The second-order valence-corrected chi connectivity index (χ2v) is 11.3. The summed E-state index contributed by atoms with van der Waals surface area (Å²) < 4.78 is 5.93. The lowest BCUT2D eigenvalue weighted by Gasteiger charge is -2.13. The van der Waals surface area contributed by atoms with Crippen LogP contribution in [0.25, 0.3) is 44.3 Å². The molecule has 0 bridgehead atoms. The molecule has 0 fully saturated rings. The van der Waals surface area contributed by atoms with E-state index in [1.165, 1.54) is 0 Å². The molecule has 0 saturated carbocycles. The van der Waals surface area contributed by atoms with Crippen LogP contribution in [0, 0.1) is 0 Å². The number of hydrogen-bond donors (Lipinski definition) is 1. The largest absolute Gasteiger partial charge is 0.477 e. The van der Waals surface area contributed by atoms with Crippen LogP contribution in [0.15, 0.2) is 97.3 Å². The Hall–Kier alpha value is -4.79. The molecule has 9 heteroatoms. The van der Waals surface area contributed by atoms with Crippen LogP contribution in [0.2, 0.25) is 5.15 Å². The summed E-state index contributed by atoms with van der Waals surface area (Å²) in [5.41, 5.74) is 13.4. The molecule has 4 heterocycles. The highest BCUT2D eigenvalue weighted by molar-refractivity contribution is 6.34. The van der Waals surface area contributed by atoms with E-state index in [-0.39, 0.29) is 7.43 Å². The molecule has 46 heavy (non-hydrogen) atoms. The molecule has 238 valence electrons. The first-order chi connectivity index (χ1) is 21.8. The number of halogens is 1. The van der Waals surface area contributed by atoms with Crippen molar-refractivity contribution in [1.82, 2.24) is 19.9 Å². The zero-order valence-electron chi connectivity index (χ0n) is 26.1. The van der Waals surface area contributed by atoms with E-state index in [1.807, 2.05) is 76.7 Å². The summed E-state index contributed by atoms with van der Waals surface area (Å²) in [5, 5.41) is 2.30. The number of rotatable bonds is 9. The van der Waals surface area contributed by atoms with Crippen molar-refractivity contribution >= 4 is 44.8 Å². The predicted octanol–water partition coefficient (Wildman–Crippen LogP) is 8.13. The van der Waals surface area contributed by atoms with E-state index in [2.05, 4.69) is 61.1 Å². The van der Waals surface area contributed by atoms with Gasteiger partial charge in [-0.3, -0.25) is 9.97 Å². The van der Waals surface area contributed by atoms with Gasteiger partial charge in [0.1, 0.15) is 5.15 Å². The number of benzene rings is 2. The number of nitrogens with two attached hydrogens (primary N) is 1. The summed E-state index contributed by atoms with van der Waals surface area (Å²) in [6.07, 6.45) is 5.42. The Labute approximate surface area is 276 Å². The number of aromatic nitrogens is 4. The highest BCUT2D eigenvalue weighted by atomic mass is 35.5. The number of ether oxygens (including phenoxy) is 1. The van der Waals surface area contributed by atoms with Gasteiger partial charge in [-0.25, -0.2) is 9.97 Å². The van der Waals surface area contributed by atoms with Crippen LogP contribution in [-0.4, -0.2) is 61.3 Å². The lowest BCUT2D eigenvalue weighted by atomic mass is 10.1. The molecular formula is C37H42ClN7O. The molecule has 2 N–H and O–H groups in total. The fourth-order valence-electron chi connectivity index (χ4n) is 4.76. The molecule has 0 amide bonds. The Kier molecular flexibility index (Phi) is 11.8. The minimum Gasteiger partial charge on any atom is -0.477 e. The number of nitrogens with zero attached hydrogens (tertiary/aromatic N) is 6. The second kappa shape index (κ2) is 16.0. The van der Waals surface area contributed by atoms with Crippen LogP contribution in [0.5, 0.6) is 5.88 Å². The van der Waals surface area contributed by atoms with Gasteiger partial charge in [0.15, 0.2) is 0 Å². The van der Waals surface area contributed by atoms with Gasteiger partial charge >= 0.3 is 0 Å². The monoisotopic (exact) mass is 635 g/mol. The lowest BCUT2D eigenvalue weighted by molar-refractivity contribution is 0.300. The van der Waals surface area contributed by atoms with Crippen molar-refractivity contribution in [3.05, 3.63) is 102 Å². The molecule has 0 spiro atoms. The summed E-state index contributed by atoms with van der Waals surface area (Å²) in [6.45, 7) is 1.29. The quantitative estimate of drug-likeness (QED) is 0.126. The van der Waals surface area contributed by atoms with Crippen molar-refractivity contribution in [3.63, 3.8) is 0 Å². The maximum atomic E-state index is 6.23. The smallest absolute Gasteiger partial charge is 0.223 e. The molecule has 0 saturated heterocycles. The number of fused-ring (bicyclic) bond motifs is 2. The zero-order chi connectivity index (χ0) is 31.8.